The van der Waals surface area contributed by atoms with Crippen molar-refractivity contribution in [3.8, 4) is 11.9 Å². The number of amides is 1. The second-order valence-electron chi connectivity index (χ2n) is 11.6. The van der Waals surface area contributed by atoms with Crippen molar-refractivity contribution in [3.63, 3.8) is 0 Å². The number of piperazine rings is 1. The number of likely N-dealkylation sites (tertiary alicyclic amines) is 1. The minimum absolute atomic E-state index is 0.0908. The van der Waals surface area contributed by atoms with E-state index in [-0.39, 0.29) is 47.9 Å². The number of nitriles is 1. The van der Waals surface area contributed by atoms with Crippen molar-refractivity contribution in [3.05, 3.63) is 58.6 Å². The lowest BCUT2D eigenvalue weighted by molar-refractivity contribution is -0.137. The molecule has 2 fully saturated rings. The molecule has 1 aromatic heterocycles. The average molecular weight is 601 g/mol. The summed E-state index contributed by atoms with van der Waals surface area (Å²) in [6.07, 6.45) is -2.18. The number of anilines is 2. The molecule has 2 aromatic rings. The molecule has 4 heterocycles. The average Bonchev–Trinajstić information content (AvgIpc) is 3.37. The summed E-state index contributed by atoms with van der Waals surface area (Å²) in [4.78, 5) is 24.4. The van der Waals surface area contributed by atoms with E-state index in [2.05, 4.69) is 17.5 Å². The minimum Gasteiger partial charge on any atom is -0.475 e. The number of hydrogen-bond donors (Lipinski definition) is 0. The van der Waals surface area contributed by atoms with E-state index in [9.17, 15) is 27.6 Å². The monoisotopic (exact) mass is 600 g/mol. The van der Waals surface area contributed by atoms with Crippen molar-refractivity contribution < 1.29 is 27.1 Å². The molecule has 3 aliphatic rings. The summed E-state index contributed by atoms with van der Waals surface area (Å²) < 4.78 is 62.2. The number of pyridine rings is 1. The largest absolute Gasteiger partial charge is 0.475 e. The van der Waals surface area contributed by atoms with Crippen LogP contribution in [0.5, 0.6) is 5.88 Å². The van der Waals surface area contributed by atoms with E-state index in [1.54, 1.807) is 17.9 Å². The number of alkyl halides is 3. The van der Waals surface area contributed by atoms with Gasteiger partial charge in [0.1, 0.15) is 18.2 Å². The molecule has 1 amide bonds. The van der Waals surface area contributed by atoms with Gasteiger partial charge in [0.2, 0.25) is 5.88 Å². The molecule has 5 rings (SSSR count). The van der Waals surface area contributed by atoms with Crippen LogP contribution in [-0.2, 0) is 23.9 Å². The number of likely N-dealkylation sites (N-methyl/N-ethyl adjacent to an activating group) is 1. The molecular weight excluding hydrogens is 564 g/mol. The van der Waals surface area contributed by atoms with Crippen LogP contribution >= 0.6 is 0 Å². The molecular formula is C31H36F4N6O2. The maximum Gasteiger partial charge on any atom is 0.418 e. The number of nitrogens with zero attached hydrogens (tertiary/aromatic N) is 6. The van der Waals surface area contributed by atoms with Gasteiger partial charge in [-0.3, -0.25) is 4.79 Å². The third-order valence-electron chi connectivity index (χ3n) is 8.80. The molecule has 0 saturated carbocycles. The first kappa shape index (κ1) is 30.6. The number of aryl methyl sites for hydroxylation is 1. The summed E-state index contributed by atoms with van der Waals surface area (Å²) >= 11 is 0. The van der Waals surface area contributed by atoms with Gasteiger partial charge in [-0.05, 0) is 58.3 Å². The number of halogens is 4. The highest BCUT2D eigenvalue weighted by atomic mass is 19.4. The van der Waals surface area contributed by atoms with E-state index < -0.39 is 23.5 Å². The van der Waals surface area contributed by atoms with Crippen LogP contribution in [0.15, 0.2) is 30.6 Å². The first-order valence-electron chi connectivity index (χ1n) is 14.5. The molecule has 0 spiro atoms. The van der Waals surface area contributed by atoms with Crippen molar-refractivity contribution in [1.29, 1.82) is 5.26 Å². The number of benzene rings is 1. The Labute approximate surface area is 249 Å². The summed E-state index contributed by atoms with van der Waals surface area (Å²) in [6.45, 7) is 8.95. The van der Waals surface area contributed by atoms with Crippen LogP contribution in [0.25, 0.3) is 0 Å². The number of rotatable bonds is 6. The molecule has 1 aromatic carbocycles. The Morgan fingerprint density at radius 2 is 1.98 bits per heavy atom. The highest BCUT2D eigenvalue weighted by Crippen LogP contribution is 2.42. The van der Waals surface area contributed by atoms with E-state index in [0.717, 1.165) is 24.9 Å². The predicted octanol–water partition coefficient (Wildman–Crippen LogP) is 4.84. The standard InChI is InChI=1S/C31H36F4N6O2/c1-19-7-5-9-26(27(19)31(33,34)35)39-12-10-23-25(17-39)37-29(43-18-22-8-6-11-38(22)4)24(15-36)28(23)40-13-14-41(20(2)16-40)30(42)21(3)32/h5,7,9,20,22H,3,6,8,10-14,16-18H2,1-2,4H3/t20-,22-/m0/s1. The Morgan fingerprint density at radius 3 is 2.60 bits per heavy atom. The highest BCUT2D eigenvalue weighted by molar-refractivity contribution is 5.91. The molecule has 8 nitrogen and oxygen atoms in total. The minimum atomic E-state index is -4.52. The SMILES string of the molecule is C=C(F)C(=O)N1CCN(c2c(C#N)c(OC[C@@H]3CCCN3C)nc3c2CCN(c2cccc(C)c2C(F)(F)F)C3)C[C@@H]1C. The Bertz CT molecular complexity index is 1460. The first-order valence-corrected chi connectivity index (χ1v) is 14.5. The number of ether oxygens (including phenoxy) is 1. The van der Waals surface area contributed by atoms with Crippen molar-refractivity contribution in [1.82, 2.24) is 14.8 Å². The smallest absolute Gasteiger partial charge is 0.418 e. The zero-order valence-corrected chi connectivity index (χ0v) is 24.7. The molecule has 0 aliphatic carbocycles. The Morgan fingerprint density at radius 1 is 1.21 bits per heavy atom. The summed E-state index contributed by atoms with van der Waals surface area (Å²) in [5.41, 5.74) is 1.78. The van der Waals surface area contributed by atoms with Crippen molar-refractivity contribution in [2.45, 2.75) is 57.9 Å². The quantitative estimate of drug-likeness (QED) is 0.347. The molecule has 12 heteroatoms. The number of hydrogen-bond acceptors (Lipinski definition) is 7. The lowest BCUT2D eigenvalue weighted by Gasteiger charge is -2.42. The molecule has 2 atom stereocenters. The number of fused-ring (bicyclic) bond motifs is 1. The molecule has 0 bridgehead atoms. The molecule has 230 valence electrons. The van der Waals surface area contributed by atoms with Crippen LogP contribution in [0.3, 0.4) is 0 Å². The third-order valence-corrected chi connectivity index (χ3v) is 8.80. The maximum absolute atomic E-state index is 14.1. The van der Waals surface area contributed by atoms with Gasteiger partial charge in [-0.2, -0.15) is 18.4 Å². The van der Waals surface area contributed by atoms with E-state index in [0.29, 0.717) is 44.0 Å². The Balaban J connectivity index is 1.54. The van der Waals surface area contributed by atoms with Crippen LogP contribution in [0.1, 0.15) is 47.7 Å². The van der Waals surface area contributed by atoms with Gasteiger partial charge in [-0.15, -0.1) is 0 Å². The third kappa shape index (κ3) is 6.00. The summed E-state index contributed by atoms with van der Waals surface area (Å²) in [7, 11) is 2.02. The Kier molecular flexibility index (Phi) is 8.56. The number of carbonyl (C=O) groups excluding carboxylic acids is 1. The fourth-order valence-electron chi connectivity index (χ4n) is 6.56. The van der Waals surface area contributed by atoms with Gasteiger partial charge in [0.05, 0.1) is 23.5 Å². The zero-order chi connectivity index (χ0) is 31.1. The normalized spacial score (nSPS) is 21.0. The Hall–Kier alpha value is -3.85. The lowest BCUT2D eigenvalue weighted by atomic mass is 9.96. The fraction of sp³-hybridized carbons (Fsp3) is 0.516. The van der Waals surface area contributed by atoms with E-state index >= 15 is 0 Å². The van der Waals surface area contributed by atoms with E-state index in [1.807, 2.05) is 11.9 Å². The van der Waals surface area contributed by atoms with Crippen LogP contribution < -0.4 is 14.5 Å². The van der Waals surface area contributed by atoms with Gasteiger partial charge in [0.15, 0.2) is 5.83 Å². The van der Waals surface area contributed by atoms with Gasteiger partial charge >= 0.3 is 6.18 Å². The zero-order valence-electron chi connectivity index (χ0n) is 24.7. The van der Waals surface area contributed by atoms with Crippen molar-refractivity contribution in [2.24, 2.45) is 0 Å². The molecule has 3 aliphatic heterocycles. The summed E-state index contributed by atoms with van der Waals surface area (Å²) in [6, 6.07) is 6.63. The summed E-state index contributed by atoms with van der Waals surface area (Å²) in [5, 5.41) is 10.4. The second kappa shape index (κ2) is 12.0. The fourth-order valence-corrected chi connectivity index (χ4v) is 6.56. The van der Waals surface area contributed by atoms with E-state index in [4.69, 9.17) is 9.72 Å². The van der Waals surface area contributed by atoms with E-state index in [1.165, 1.54) is 24.0 Å². The number of aromatic nitrogens is 1. The van der Waals surface area contributed by atoms with Gasteiger partial charge in [-0.25, -0.2) is 9.37 Å². The van der Waals surface area contributed by atoms with Crippen LogP contribution in [0.2, 0.25) is 0 Å². The number of carbonyl (C=O) groups is 1. The molecule has 0 N–H and O–H groups in total. The van der Waals surface area contributed by atoms with Gasteiger partial charge < -0.3 is 24.3 Å². The second-order valence-corrected chi connectivity index (χ2v) is 11.6. The van der Waals surface area contributed by atoms with Crippen LogP contribution in [0.4, 0.5) is 28.9 Å². The predicted molar refractivity (Wildman–Crippen MR) is 155 cm³/mol. The summed E-state index contributed by atoms with van der Waals surface area (Å²) in [5.74, 6) is -1.63. The van der Waals surface area contributed by atoms with Gasteiger partial charge in [0.25, 0.3) is 5.91 Å². The first-order chi connectivity index (χ1) is 20.4. The van der Waals surface area contributed by atoms with Gasteiger partial charge in [0, 0.05) is 49.5 Å². The topological polar surface area (TPSA) is 75.9 Å². The molecule has 43 heavy (non-hydrogen) atoms. The maximum atomic E-state index is 14.1. The van der Waals surface area contributed by atoms with Gasteiger partial charge in [-0.1, -0.05) is 18.7 Å². The van der Waals surface area contributed by atoms with Crippen LogP contribution in [-0.4, -0.2) is 79.2 Å². The highest BCUT2D eigenvalue weighted by Gasteiger charge is 2.39. The van der Waals surface area contributed by atoms with Crippen molar-refractivity contribution in [2.75, 3.05) is 56.2 Å². The van der Waals surface area contributed by atoms with Crippen molar-refractivity contribution >= 4 is 17.3 Å². The molecule has 0 radical (unpaired) electrons. The van der Waals surface area contributed by atoms with Crippen LogP contribution in [0, 0.1) is 18.3 Å². The molecule has 0 unspecified atom stereocenters. The lowest BCUT2D eigenvalue weighted by Crippen LogP contribution is -2.54. The molecule has 2 saturated heterocycles.